The largest absolute Gasteiger partial charge is 0.497 e. The molecule has 0 saturated carbocycles. The van der Waals surface area contributed by atoms with Crippen molar-refractivity contribution in [3.63, 3.8) is 0 Å². The average molecular weight is 344 g/mol. The van der Waals surface area contributed by atoms with Crippen LogP contribution in [-0.4, -0.2) is 59.1 Å². The lowest BCUT2D eigenvalue weighted by molar-refractivity contribution is -0.125. The molecular formula is C17H20N4O4. The molecule has 1 saturated heterocycles. The number of benzene rings is 1. The van der Waals surface area contributed by atoms with Crippen molar-refractivity contribution >= 4 is 11.9 Å². The van der Waals surface area contributed by atoms with Crippen molar-refractivity contribution in [2.75, 3.05) is 27.2 Å². The number of carbonyl (C=O) groups is 2. The topological polar surface area (TPSA) is 88.8 Å². The van der Waals surface area contributed by atoms with Crippen LogP contribution in [0.5, 0.6) is 5.75 Å². The molecule has 1 aliphatic heterocycles. The summed E-state index contributed by atoms with van der Waals surface area (Å²) in [5.41, 5.74) is 1.06. The van der Waals surface area contributed by atoms with Gasteiger partial charge in [-0.05, 0) is 24.1 Å². The number of methoxy groups -OCH3 is 1. The first-order chi connectivity index (χ1) is 12.1. The molecule has 8 nitrogen and oxygen atoms in total. The summed E-state index contributed by atoms with van der Waals surface area (Å²) < 4.78 is 10.4. The maximum atomic E-state index is 11.8. The predicted molar refractivity (Wildman–Crippen MR) is 88.2 cm³/mol. The molecule has 0 bridgehead atoms. The van der Waals surface area contributed by atoms with Gasteiger partial charge in [0.1, 0.15) is 12.3 Å². The Morgan fingerprint density at radius 3 is 2.64 bits per heavy atom. The maximum Gasteiger partial charge on any atom is 0.326 e. The Balaban J connectivity index is 1.50. The summed E-state index contributed by atoms with van der Waals surface area (Å²) in [7, 11) is 3.24. The van der Waals surface area contributed by atoms with Crippen molar-refractivity contribution in [3.05, 3.63) is 41.5 Å². The molecule has 3 rings (SSSR count). The minimum absolute atomic E-state index is 0.144. The Morgan fingerprint density at radius 2 is 2.00 bits per heavy atom. The standard InChI is InChI=1S/C17H20N4O4/c1-20-11-16(22)21(17(20)23)9-3-4-15-18-14(19-25-15)10-12-5-7-13(24-2)8-6-12/h5-8H,3-4,9-11H2,1-2H3. The SMILES string of the molecule is COc1ccc(Cc2noc(CCCN3C(=O)CN(C)C3=O)n2)cc1. The van der Waals surface area contributed by atoms with E-state index in [-0.39, 0.29) is 18.5 Å². The highest BCUT2D eigenvalue weighted by Crippen LogP contribution is 2.14. The van der Waals surface area contributed by atoms with Crippen LogP contribution >= 0.6 is 0 Å². The number of ether oxygens (including phenoxy) is 1. The summed E-state index contributed by atoms with van der Waals surface area (Å²) in [6, 6.07) is 7.43. The number of amides is 3. The molecule has 8 heteroatoms. The predicted octanol–water partition coefficient (Wildman–Crippen LogP) is 1.50. The number of aryl methyl sites for hydroxylation is 1. The van der Waals surface area contributed by atoms with E-state index < -0.39 is 0 Å². The molecule has 132 valence electrons. The van der Waals surface area contributed by atoms with Gasteiger partial charge in [0.05, 0.1) is 7.11 Å². The Morgan fingerprint density at radius 1 is 1.24 bits per heavy atom. The molecule has 1 aromatic carbocycles. The van der Waals surface area contributed by atoms with E-state index in [1.165, 1.54) is 9.80 Å². The van der Waals surface area contributed by atoms with E-state index >= 15 is 0 Å². The van der Waals surface area contributed by atoms with Crippen molar-refractivity contribution in [3.8, 4) is 5.75 Å². The summed E-state index contributed by atoms with van der Waals surface area (Å²) in [4.78, 5) is 30.5. The van der Waals surface area contributed by atoms with E-state index in [4.69, 9.17) is 9.26 Å². The number of urea groups is 1. The minimum Gasteiger partial charge on any atom is -0.497 e. The highest BCUT2D eigenvalue weighted by Gasteiger charge is 2.32. The number of imide groups is 1. The normalized spacial score (nSPS) is 14.5. The molecule has 1 fully saturated rings. The lowest BCUT2D eigenvalue weighted by atomic mass is 10.1. The number of nitrogens with zero attached hydrogens (tertiary/aromatic N) is 4. The van der Waals surface area contributed by atoms with E-state index in [0.717, 1.165) is 11.3 Å². The zero-order valence-corrected chi connectivity index (χ0v) is 14.3. The first kappa shape index (κ1) is 16.9. The Bertz CT molecular complexity index is 756. The summed E-state index contributed by atoms with van der Waals surface area (Å²) in [6.07, 6.45) is 1.69. The highest BCUT2D eigenvalue weighted by atomic mass is 16.5. The fraction of sp³-hybridized carbons (Fsp3) is 0.412. The van der Waals surface area contributed by atoms with Gasteiger partial charge in [0, 0.05) is 26.4 Å². The first-order valence-electron chi connectivity index (χ1n) is 8.06. The molecule has 3 amide bonds. The van der Waals surface area contributed by atoms with Crippen LogP contribution in [0, 0.1) is 0 Å². The summed E-state index contributed by atoms with van der Waals surface area (Å²) in [5.74, 6) is 1.75. The Hall–Kier alpha value is -2.90. The third-order valence-electron chi connectivity index (χ3n) is 4.03. The van der Waals surface area contributed by atoms with Crippen molar-refractivity contribution in [1.29, 1.82) is 0 Å². The first-order valence-corrected chi connectivity index (χ1v) is 8.06. The zero-order valence-electron chi connectivity index (χ0n) is 14.3. The summed E-state index contributed by atoms with van der Waals surface area (Å²) in [5, 5.41) is 3.97. The molecule has 25 heavy (non-hydrogen) atoms. The van der Waals surface area contributed by atoms with Gasteiger partial charge in [0.15, 0.2) is 5.82 Å². The van der Waals surface area contributed by atoms with Crippen molar-refractivity contribution in [2.24, 2.45) is 0 Å². The van der Waals surface area contributed by atoms with Gasteiger partial charge in [-0.3, -0.25) is 9.69 Å². The lowest BCUT2D eigenvalue weighted by Crippen LogP contribution is -2.32. The monoisotopic (exact) mass is 344 g/mol. The second-order valence-corrected chi connectivity index (χ2v) is 5.92. The average Bonchev–Trinajstić information content (AvgIpc) is 3.15. The molecule has 0 aliphatic carbocycles. The van der Waals surface area contributed by atoms with Gasteiger partial charge in [0.2, 0.25) is 11.8 Å². The third-order valence-corrected chi connectivity index (χ3v) is 4.03. The van der Waals surface area contributed by atoms with E-state index in [1.807, 2.05) is 24.3 Å². The Kier molecular flexibility index (Phi) is 4.97. The molecule has 0 N–H and O–H groups in total. The zero-order chi connectivity index (χ0) is 17.8. The third kappa shape index (κ3) is 3.96. The Labute approximate surface area is 145 Å². The number of likely N-dealkylation sites (N-methyl/N-ethyl adjacent to an activating group) is 1. The van der Waals surface area contributed by atoms with E-state index in [9.17, 15) is 9.59 Å². The molecule has 0 spiro atoms. The molecular weight excluding hydrogens is 324 g/mol. The number of rotatable bonds is 7. The molecule has 0 atom stereocenters. The van der Waals surface area contributed by atoms with Gasteiger partial charge in [-0.1, -0.05) is 17.3 Å². The van der Waals surface area contributed by atoms with Gasteiger partial charge in [0.25, 0.3) is 0 Å². The number of aromatic nitrogens is 2. The second-order valence-electron chi connectivity index (χ2n) is 5.92. The van der Waals surface area contributed by atoms with Crippen molar-refractivity contribution in [2.45, 2.75) is 19.3 Å². The quantitative estimate of drug-likeness (QED) is 0.707. The van der Waals surface area contributed by atoms with Crippen LogP contribution in [0.2, 0.25) is 0 Å². The van der Waals surface area contributed by atoms with E-state index in [0.29, 0.717) is 37.5 Å². The smallest absolute Gasteiger partial charge is 0.326 e. The molecule has 1 aliphatic rings. The summed E-state index contributed by atoms with van der Waals surface area (Å²) in [6.45, 7) is 0.504. The number of carbonyl (C=O) groups excluding carboxylic acids is 2. The van der Waals surface area contributed by atoms with E-state index in [2.05, 4.69) is 10.1 Å². The molecule has 0 radical (unpaired) electrons. The fourth-order valence-electron chi connectivity index (χ4n) is 2.67. The second kappa shape index (κ2) is 7.33. The van der Waals surface area contributed by atoms with Gasteiger partial charge >= 0.3 is 6.03 Å². The van der Waals surface area contributed by atoms with Crippen molar-refractivity contribution in [1.82, 2.24) is 19.9 Å². The fourth-order valence-corrected chi connectivity index (χ4v) is 2.67. The molecule has 2 aromatic rings. The van der Waals surface area contributed by atoms with Crippen LogP contribution in [-0.2, 0) is 17.6 Å². The highest BCUT2D eigenvalue weighted by molar-refractivity contribution is 6.01. The van der Waals surface area contributed by atoms with E-state index in [1.54, 1.807) is 14.2 Å². The number of hydrogen-bond acceptors (Lipinski definition) is 6. The van der Waals surface area contributed by atoms with Gasteiger partial charge in [-0.25, -0.2) is 4.79 Å². The number of hydrogen-bond donors (Lipinski definition) is 0. The van der Waals surface area contributed by atoms with Gasteiger partial charge in [-0.2, -0.15) is 4.98 Å². The lowest BCUT2D eigenvalue weighted by Gasteiger charge is -2.12. The van der Waals surface area contributed by atoms with Crippen LogP contribution in [0.1, 0.15) is 23.7 Å². The molecule has 1 aromatic heterocycles. The minimum atomic E-state index is -0.254. The summed E-state index contributed by atoms with van der Waals surface area (Å²) >= 11 is 0. The molecule has 2 heterocycles. The van der Waals surface area contributed by atoms with Crippen LogP contribution in [0.3, 0.4) is 0 Å². The van der Waals surface area contributed by atoms with Gasteiger partial charge in [-0.15, -0.1) is 0 Å². The van der Waals surface area contributed by atoms with Crippen LogP contribution in [0.25, 0.3) is 0 Å². The molecule has 0 unspecified atom stereocenters. The van der Waals surface area contributed by atoms with Crippen LogP contribution in [0.15, 0.2) is 28.8 Å². The maximum absolute atomic E-state index is 11.8. The van der Waals surface area contributed by atoms with Crippen LogP contribution in [0.4, 0.5) is 4.79 Å². The van der Waals surface area contributed by atoms with Gasteiger partial charge < -0.3 is 14.2 Å². The van der Waals surface area contributed by atoms with Crippen LogP contribution < -0.4 is 4.74 Å². The van der Waals surface area contributed by atoms with Crippen molar-refractivity contribution < 1.29 is 18.8 Å².